The van der Waals surface area contributed by atoms with Gasteiger partial charge in [-0.3, -0.25) is 0 Å². The van der Waals surface area contributed by atoms with Crippen LogP contribution >= 0.6 is 0 Å². The monoisotopic (exact) mass is 176 g/mol. The Hall–Kier alpha value is -0.150. The molecule has 0 aromatic rings. The van der Waals surface area contributed by atoms with Crippen molar-refractivity contribution >= 4 is 11.1 Å². The fourth-order valence-corrected chi connectivity index (χ4v) is 1.14. The summed E-state index contributed by atoms with van der Waals surface area (Å²) >= 11 is -1.75. The molecule has 0 aliphatic carbocycles. The topological polar surface area (TPSA) is 37.3 Å². The minimum Gasteiger partial charge on any atom is -0.303 e. The van der Waals surface area contributed by atoms with E-state index in [4.69, 9.17) is 4.55 Å². The molecule has 0 aliphatic rings. The van der Waals surface area contributed by atoms with Gasteiger partial charge in [0, 0.05) is 5.41 Å². The van der Waals surface area contributed by atoms with Crippen LogP contribution in [0.4, 0.5) is 0 Å². The predicted octanol–water partition coefficient (Wildman–Crippen LogP) is 2.69. The average molecular weight is 176 g/mol. The van der Waals surface area contributed by atoms with E-state index in [1.54, 1.807) is 6.08 Å². The molecule has 0 spiro atoms. The zero-order chi connectivity index (χ0) is 8.53. The molecular formula is C8H16O2S. The van der Waals surface area contributed by atoms with Gasteiger partial charge in [-0.1, -0.05) is 32.3 Å². The molecule has 1 N–H and O–H groups in total. The van der Waals surface area contributed by atoms with Crippen LogP contribution in [0.25, 0.3) is 0 Å². The van der Waals surface area contributed by atoms with Crippen molar-refractivity contribution in [2.24, 2.45) is 0 Å². The van der Waals surface area contributed by atoms with E-state index in [9.17, 15) is 4.21 Å². The molecule has 11 heavy (non-hydrogen) atoms. The minimum absolute atomic E-state index is 0.923. The van der Waals surface area contributed by atoms with E-state index >= 15 is 0 Å². The standard InChI is InChI=1S/C8H16O2S/c1-2-3-4-5-6-7-8-11(9)10/h7-8H,2-6H2,1H3,(H,9,10). The Balaban J connectivity index is 3.07. The van der Waals surface area contributed by atoms with Gasteiger partial charge in [0.15, 0.2) is 11.1 Å². The Kier molecular flexibility index (Phi) is 7.84. The van der Waals surface area contributed by atoms with Crippen LogP contribution < -0.4 is 0 Å². The number of unbranched alkanes of at least 4 members (excludes halogenated alkanes) is 4. The van der Waals surface area contributed by atoms with Gasteiger partial charge < -0.3 is 4.55 Å². The lowest BCUT2D eigenvalue weighted by Gasteiger charge is -1.92. The van der Waals surface area contributed by atoms with E-state index in [1.807, 2.05) is 0 Å². The molecule has 0 radical (unpaired) electrons. The van der Waals surface area contributed by atoms with E-state index in [1.165, 1.54) is 24.7 Å². The Morgan fingerprint density at radius 3 is 2.64 bits per heavy atom. The van der Waals surface area contributed by atoms with Crippen LogP contribution in [0.1, 0.15) is 39.0 Å². The highest BCUT2D eigenvalue weighted by atomic mass is 32.2. The summed E-state index contributed by atoms with van der Waals surface area (Å²) in [5.74, 6) is 0. The molecule has 0 rings (SSSR count). The third-order valence-electron chi connectivity index (χ3n) is 1.44. The second-order valence-electron chi connectivity index (χ2n) is 2.50. The van der Waals surface area contributed by atoms with Gasteiger partial charge in [0.2, 0.25) is 0 Å². The molecule has 2 nitrogen and oxygen atoms in total. The van der Waals surface area contributed by atoms with Crippen LogP contribution in [0.3, 0.4) is 0 Å². The fourth-order valence-electron chi connectivity index (χ4n) is 0.839. The molecule has 0 saturated carbocycles. The second-order valence-corrected chi connectivity index (χ2v) is 3.32. The van der Waals surface area contributed by atoms with Gasteiger partial charge in [0.05, 0.1) is 0 Å². The third-order valence-corrected chi connectivity index (χ3v) is 1.86. The zero-order valence-corrected chi connectivity index (χ0v) is 7.77. The number of hydrogen-bond acceptors (Lipinski definition) is 1. The van der Waals surface area contributed by atoms with Gasteiger partial charge in [-0.2, -0.15) is 0 Å². The quantitative estimate of drug-likeness (QED) is 0.499. The summed E-state index contributed by atoms with van der Waals surface area (Å²) in [6, 6.07) is 0. The van der Waals surface area contributed by atoms with Crippen molar-refractivity contribution in [3.63, 3.8) is 0 Å². The van der Waals surface area contributed by atoms with E-state index in [0.717, 1.165) is 12.8 Å². The van der Waals surface area contributed by atoms with Crippen molar-refractivity contribution in [3.8, 4) is 0 Å². The first-order valence-corrected chi connectivity index (χ1v) is 5.20. The van der Waals surface area contributed by atoms with Crippen LogP contribution in [0.15, 0.2) is 11.5 Å². The largest absolute Gasteiger partial charge is 0.303 e. The van der Waals surface area contributed by atoms with Crippen molar-refractivity contribution in [2.45, 2.75) is 39.0 Å². The van der Waals surface area contributed by atoms with Gasteiger partial charge in [0.1, 0.15) is 0 Å². The van der Waals surface area contributed by atoms with Crippen molar-refractivity contribution < 1.29 is 8.76 Å². The maximum Gasteiger partial charge on any atom is 0.178 e. The molecule has 0 fully saturated rings. The zero-order valence-electron chi connectivity index (χ0n) is 6.95. The molecule has 0 heterocycles. The highest BCUT2D eigenvalue weighted by molar-refractivity contribution is 7.82. The van der Waals surface area contributed by atoms with Crippen LogP contribution in [0.2, 0.25) is 0 Å². The van der Waals surface area contributed by atoms with Crippen LogP contribution in [-0.4, -0.2) is 8.76 Å². The summed E-state index contributed by atoms with van der Waals surface area (Å²) < 4.78 is 18.5. The van der Waals surface area contributed by atoms with E-state index in [2.05, 4.69) is 6.92 Å². The molecule has 66 valence electrons. The molecule has 0 amide bonds. The molecule has 1 atom stereocenters. The van der Waals surface area contributed by atoms with Gasteiger partial charge >= 0.3 is 0 Å². The van der Waals surface area contributed by atoms with Gasteiger partial charge in [-0.05, 0) is 12.8 Å². The first-order valence-electron chi connectivity index (χ1n) is 4.03. The predicted molar refractivity (Wildman–Crippen MR) is 48.7 cm³/mol. The Bertz CT molecular complexity index is 132. The molecule has 3 heteroatoms. The SMILES string of the molecule is CCCCCCC=CS(=O)O. The number of rotatable bonds is 6. The maximum absolute atomic E-state index is 10.1. The molecule has 0 bridgehead atoms. The first-order chi connectivity index (χ1) is 5.27. The summed E-state index contributed by atoms with van der Waals surface area (Å²) in [6.45, 7) is 2.17. The van der Waals surface area contributed by atoms with Crippen LogP contribution in [0, 0.1) is 0 Å². The lowest BCUT2D eigenvalue weighted by molar-refractivity contribution is 0.574. The highest BCUT2D eigenvalue weighted by Gasteiger charge is 1.85. The van der Waals surface area contributed by atoms with Gasteiger partial charge in [0.25, 0.3) is 0 Å². The average Bonchev–Trinajstić information content (AvgIpc) is 1.96. The minimum atomic E-state index is -1.75. The number of hydrogen-bond donors (Lipinski definition) is 1. The Morgan fingerprint density at radius 2 is 2.09 bits per heavy atom. The Labute approximate surface area is 71.0 Å². The summed E-state index contributed by atoms with van der Waals surface area (Å²) in [7, 11) is 0. The fraction of sp³-hybridized carbons (Fsp3) is 0.750. The molecule has 0 saturated heterocycles. The molecular weight excluding hydrogens is 160 g/mol. The maximum atomic E-state index is 10.1. The van der Waals surface area contributed by atoms with Crippen molar-refractivity contribution in [3.05, 3.63) is 11.5 Å². The normalized spacial score (nSPS) is 14.0. The smallest absolute Gasteiger partial charge is 0.178 e. The van der Waals surface area contributed by atoms with Crippen LogP contribution in [0.5, 0.6) is 0 Å². The summed E-state index contributed by atoms with van der Waals surface area (Å²) in [5, 5.41) is 1.33. The van der Waals surface area contributed by atoms with Crippen molar-refractivity contribution in [1.29, 1.82) is 0 Å². The highest BCUT2D eigenvalue weighted by Crippen LogP contribution is 2.02. The third kappa shape index (κ3) is 9.85. The van der Waals surface area contributed by atoms with Crippen molar-refractivity contribution in [1.82, 2.24) is 0 Å². The van der Waals surface area contributed by atoms with E-state index < -0.39 is 11.1 Å². The second kappa shape index (κ2) is 7.95. The molecule has 0 aromatic carbocycles. The molecule has 0 aliphatic heterocycles. The van der Waals surface area contributed by atoms with E-state index in [0.29, 0.717) is 0 Å². The summed E-state index contributed by atoms with van der Waals surface area (Å²) in [6.07, 6.45) is 7.53. The van der Waals surface area contributed by atoms with Gasteiger partial charge in [-0.15, -0.1) is 0 Å². The van der Waals surface area contributed by atoms with Crippen molar-refractivity contribution in [2.75, 3.05) is 0 Å². The van der Waals surface area contributed by atoms with Gasteiger partial charge in [-0.25, -0.2) is 4.21 Å². The summed E-state index contributed by atoms with van der Waals surface area (Å²) in [4.78, 5) is 0. The lowest BCUT2D eigenvalue weighted by Crippen LogP contribution is -1.77. The number of allylic oxidation sites excluding steroid dienone is 1. The summed E-state index contributed by atoms with van der Waals surface area (Å²) in [5.41, 5.74) is 0. The van der Waals surface area contributed by atoms with E-state index in [-0.39, 0.29) is 0 Å². The van der Waals surface area contributed by atoms with Crippen LogP contribution in [-0.2, 0) is 11.1 Å². The lowest BCUT2D eigenvalue weighted by atomic mass is 10.2. The molecule has 1 unspecified atom stereocenters. The Morgan fingerprint density at radius 1 is 1.36 bits per heavy atom. The molecule has 0 aromatic heterocycles. The first kappa shape index (κ1) is 10.8.